The first-order chi connectivity index (χ1) is 12.9. The van der Waals surface area contributed by atoms with Gasteiger partial charge in [-0.05, 0) is 67.8 Å². The first kappa shape index (κ1) is 18.7. The lowest BCUT2D eigenvalue weighted by Gasteiger charge is -2.10. The molecule has 0 saturated carbocycles. The maximum absolute atomic E-state index is 13.0. The quantitative estimate of drug-likeness (QED) is 0.687. The summed E-state index contributed by atoms with van der Waals surface area (Å²) in [6.45, 7) is 8.37. The van der Waals surface area contributed by atoms with Gasteiger partial charge in [-0.15, -0.1) is 0 Å². The Hall–Kier alpha value is -3.08. The van der Waals surface area contributed by atoms with Crippen molar-refractivity contribution in [2.45, 2.75) is 40.7 Å². The molecule has 5 heteroatoms. The third-order valence-electron chi connectivity index (χ3n) is 4.78. The lowest BCUT2D eigenvalue weighted by molar-refractivity contribution is -0.114. The molecule has 0 spiro atoms. The number of fused-ring (bicyclic) bond motifs is 1. The molecule has 0 aliphatic heterocycles. The molecule has 5 nitrogen and oxygen atoms in total. The summed E-state index contributed by atoms with van der Waals surface area (Å²) in [4.78, 5) is 24.1. The number of amides is 2. The van der Waals surface area contributed by atoms with Crippen molar-refractivity contribution < 1.29 is 9.59 Å². The number of carbonyl (C=O) groups is 2. The van der Waals surface area contributed by atoms with Crippen molar-refractivity contribution in [2.24, 2.45) is 0 Å². The van der Waals surface area contributed by atoms with Crippen LogP contribution in [0, 0.1) is 6.92 Å². The molecule has 2 N–H and O–H groups in total. The van der Waals surface area contributed by atoms with E-state index in [0.29, 0.717) is 17.1 Å². The number of carbonyl (C=O) groups excluding carboxylic acids is 2. The van der Waals surface area contributed by atoms with Crippen LogP contribution in [0.25, 0.3) is 10.9 Å². The van der Waals surface area contributed by atoms with Crippen molar-refractivity contribution in [1.29, 1.82) is 0 Å². The highest BCUT2D eigenvalue weighted by molar-refractivity contribution is 6.08. The molecule has 1 aromatic heterocycles. The van der Waals surface area contributed by atoms with Crippen LogP contribution < -0.4 is 10.6 Å². The second-order valence-electron chi connectivity index (χ2n) is 6.64. The van der Waals surface area contributed by atoms with Crippen molar-refractivity contribution in [3.05, 3.63) is 59.3 Å². The molecule has 0 aliphatic rings. The fourth-order valence-corrected chi connectivity index (χ4v) is 3.44. The summed E-state index contributed by atoms with van der Waals surface area (Å²) < 4.78 is 2.06. The molecule has 0 bridgehead atoms. The predicted octanol–water partition coefficient (Wildman–Crippen LogP) is 4.74. The van der Waals surface area contributed by atoms with Crippen LogP contribution in [-0.2, 0) is 17.8 Å². The number of benzene rings is 2. The standard InChI is InChI=1S/C22H25N3O2/c1-5-16-7-12-20-19(13-16)14(3)21(25(20)6-2)22(27)24-18-10-8-17(9-11-18)23-15(4)26/h7-13H,5-6H2,1-4H3,(H,23,26)(H,24,27). The second kappa shape index (κ2) is 7.66. The first-order valence-electron chi connectivity index (χ1n) is 9.25. The van der Waals surface area contributed by atoms with E-state index in [4.69, 9.17) is 0 Å². The minimum atomic E-state index is -0.129. The van der Waals surface area contributed by atoms with Crippen molar-refractivity contribution >= 4 is 34.1 Å². The van der Waals surface area contributed by atoms with E-state index in [2.05, 4.69) is 40.3 Å². The molecular weight excluding hydrogens is 338 g/mol. The second-order valence-corrected chi connectivity index (χ2v) is 6.64. The number of hydrogen-bond donors (Lipinski definition) is 2. The lowest BCUT2D eigenvalue weighted by atomic mass is 10.1. The first-order valence-corrected chi connectivity index (χ1v) is 9.25. The van der Waals surface area contributed by atoms with Gasteiger partial charge in [-0.1, -0.05) is 13.0 Å². The zero-order valence-electron chi connectivity index (χ0n) is 16.2. The van der Waals surface area contributed by atoms with Crippen LogP contribution >= 0.6 is 0 Å². The van der Waals surface area contributed by atoms with Crippen LogP contribution in [0.15, 0.2) is 42.5 Å². The van der Waals surface area contributed by atoms with Crippen LogP contribution in [-0.4, -0.2) is 16.4 Å². The van der Waals surface area contributed by atoms with Crippen LogP contribution in [0.1, 0.15) is 42.4 Å². The van der Waals surface area contributed by atoms with E-state index in [1.165, 1.54) is 12.5 Å². The maximum atomic E-state index is 13.0. The van der Waals surface area contributed by atoms with Gasteiger partial charge >= 0.3 is 0 Å². The van der Waals surface area contributed by atoms with E-state index in [1.807, 2.05) is 13.8 Å². The molecule has 0 aliphatic carbocycles. The number of hydrogen-bond acceptors (Lipinski definition) is 2. The van der Waals surface area contributed by atoms with Gasteiger partial charge in [-0.3, -0.25) is 9.59 Å². The molecule has 3 aromatic rings. The van der Waals surface area contributed by atoms with Crippen molar-refractivity contribution in [3.8, 4) is 0 Å². The Bertz CT molecular complexity index is 1000. The van der Waals surface area contributed by atoms with Crippen molar-refractivity contribution in [3.63, 3.8) is 0 Å². The molecule has 3 rings (SSSR count). The number of aryl methyl sites for hydroxylation is 3. The third-order valence-corrected chi connectivity index (χ3v) is 4.78. The Morgan fingerprint density at radius 1 is 0.963 bits per heavy atom. The fraction of sp³-hybridized carbons (Fsp3) is 0.273. The van der Waals surface area contributed by atoms with Gasteiger partial charge in [0.15, 0.2) is 0 Å². The monoisotopic (exact) mass is 363 g/mol. The Morgan fingerprint density at radius 3 is 2.15 bits per heavy atom. The van der Waals surface area contributed by atoms with Gasteiger partial charge in [0.25, 0.3) is 5.91 Å². The molecule has 0 radical (unpaired) electrons. The summed E-state index contributed by atoms with van der Waals surface area (Å²) in [5.74, 6) is -0.253. The third kappa shape index (κ3) is 3.72. The Labute approximate surface area is 159 Å². The Balaban J connectivity index is 1.93. The van der Waals surface area contributed by atoms with E-state index in [-0.39, 0.29) is 11.8 Å². The topological polar surface area (TPSA) is 63.1 Å². The molecule has 0 saturated heterocycles. The normalized spacial score (nSPS) is 10.8. The Morgan fingerprint density at radius 2 is 1.59 bits per heavy atom. The molecule has 2 amide bonds. The minimum absolute atomic E-state index is 0.124. The van der Waals surface area contributed by atoms with Gasteiger partial charge in [0.1, 0.15) is 5.69 Å². The van der Waals surface area contributed by atoms with E-state index < -0.39 is 0 Å². The molecule has 0 unspecified atom stereocenters. The molecule has 0 fully saturated rings. The number of aromatic nitrogens is 1. The van der Waals surface area contributed by atoms with Crippen LogP contribution in [0.2, 0.25) is 0 Å². The van der Waals surface area contributed by atoms with Gasteiger partial charge in [-0.2, -0.15) is 0 Å². The number of nitrogens with zero attached hydrogens (tertiary/aromatic N) is 1. The fourth-order valence-electron chi connectivity index (χ4n) is 3.44. The molecule has 140 valence electrons. The zero-order valence-corrected chi connectivity index (χ0v) is 16.2. The highest BCUT2D eigenvalue weighted by atomic mass is 16.2. The number of rotatable bonds is 5. The summed E-state index contributed by atoms with van der Waals surface area (Å²) in [5.41, 5.74) is 5.42. The van der Waals surface area contributed by atoms with E-state index in [1.54, 1.807) is 24.3 Å². The summed E-state index contributed by atoms with van der Waals surface area (Å²) >= 11 is 0. The Kier molecular flexibility index (Phi) is 5.31. The van der Waals surface area contributed by atoms with Crippen molar-refractivity contribution in [2.75, 3.05) is 10.6 Å². The van der Waals surface area contributed by atoms with Crippen LogP contribution in [0.5, 0.6) is 0 Å². The van der Waals surface area contributed by atoms with Crippen LogP contribution in [0.3, 0.4) is 0 Å². The van der Waals surface area contributed by atoms with E-state index in [9.17, 15) is 9.59 Å². The molecular formula is C22H25N3O2. The summed E-state index contributed by atoms with van der Waals surface area (Å²) in [6.07, 6.45) is 0.967. The molecule has 2 aromatic carbocycles. The average Bonchev–Trinajstić information content (AvgIpc) is 2.94. The predicted molar refractivity (Wildman–Crippen MR) is 110 cm³/mol. The van der Waals surface area contributed by atoms with E-state index >= 15 is 0 Å². The van der Waals surface area contributed by atoms with E-state index in [0.717, 1.165) is 29.4 Å². The van der Waals surface area contributed by atoms with Gasteiger partial charge in [0.05, 0.1) is 0 Å². The van der Waals surface area contributed by atoms with Gasteiger partial charge in [0, 0.05) is 35.7 Å². The molecule has 1 heterocycles. The zero-order chi connectivity index (χ0) is 19.6. The van der Waals surface area contributed by atoms with Crippen LogP contribution in [0.4, 0.5) is 11.4 Å². The average molecular weight is 363 g/mol. The smallest absolute Gasteiger partial charge is 0.272 e. The van der Waals surface area contributed by atoms with Gasteiger partial charge in [0.2, 0.25) is 5.91 Å². The van der Waals surface area contributed by atoms with Gasteiger partial charge in [-0.25, -0.2) is 0 Å². The summed E-state index contributed by atoms with van der Waals surface area (Å²) in [7, 11) is 0. The number of nitrogens with one attached hydrogen (secondary N) is 2. The summed E-state index contributed by atoms with van der Waals surface area (Å²) in [6, 6.07) is 13.5. The lowest BCUT2D eigenvalue weighted by Crippen LogP contribution is -2.18. The summed E-state index contributed by atoms with van der Waals surface area (Å²) in [5, 5.41) is 6.82. The van der Waals surface area contributed by atoms with Crippen molar-refractivity contribution in [1.82, 2.24) is 4.57 Å². The van der Waals surface area contributed by atoms with Gasteiger partial charge < -0.3 is 15.2 Å². The highest BCUT2D eigenvalue weighted by Gasteiger charge is 2.19. The largest absolute Gasteiger partial charge is 0.337 e. The SMILES string of the molecule is CCc1ccc2c(c1)c(C)c(C(=O)Nc1ccc(NC(C)=O)cc1)n2CC. The number of anilines is 2. The molecule has 27 heavy (non-hydrogen) atoms. The maximum Gasteiger partial charge on any atom is 0.272 e. The highest BCUT2D eigenvalue weighted by Crippen LogP contribution is 2.28. The minimum Gasteiger partial charge on any atom is -0.337 e. The molecule has 0 atom stereocenters.